The summed E-state index contributed by atoms with van der Waals surface area (Å²) < 4.78 is 9.49. The van der Waals surface area contributed by atoms with Crippen molar-refractivity contribution in [2.24, 2.45) is 5.92 Å². The van der Waals surface area contributed by atoms with Crippen molar-refractivity contribution in [1.82, 2.24) is 4.37 Å². The lowest BCUT2D eigenvalue weighted by Gasteiger charge is -2.13. The summed E-state index contributed by atoms with van der Waals surface area (Å²) in [6.07, 6.45) is 1.51. The van der Waals surface area contributed by atoms with Gasteiger partial charge in [-0.15, -0.1) is 0 Å². The monoisotopic (exact) mass is 213 g/mol. The van der Waals surface area contributed by atoms with Gasteiger partial charge in [0, 0.05) is 25.1 Å². The Labute approximate surface area is 87.6 Å². The Bertz CT molecular complexity index is 302. The van der Waals surface area contributed by atoms with E-state index < -0.39 is 0 Å². The third kappa shape index (κ3) is 2.16. The molecule has 0 aromatic carbocycles. The van der Waals surface area contributed by atoms with E-state index in [4.69, 9.17) is 10.5 Å². The fourth-order valence-corrected chi connectivity index (χ4v) is 2.23. The van der Waals surface area contributed by atoms with Gasteiger partial charge in [-0.1, -0.05) is 0 Å². The Balaban J connectivity index is 1.82. The van der Waals surface area contributed by atoms with Crippen LogP contribution in [0.1, 0.15) is 13.3 Å². The van der Waals surface area contributed by atoms with Crippen LogP contribution in [0.15, 0.2) is 6.07 Å². The van der Waals surface area contributed by atoms with E-state index in [1.807, 2.05) is 6.07 Å². The molecule has 2 unspecified atom stereocenters. The molecule has 5 heteroatoms. The third-order valence-electron chi connectivity index (χ3n) is 2.60. The van der Waals surface area contributed by atoms with Crippen LogP contribution in [0.25, 0.3) is 0 Å². The zero-order valence-corrected chi connectivity index (χ0v) is 9.01. The van der Waals surface area contributed by atoms with Crippen LogP contribution in [0.3, 0.4) is 0 Å². The first kappa shape index (κ1) is 9.73. The quantitative estimate of drug-likeness (QED) is 0.800. The molecule has 1 aromatic heterocycles. The van der Waals surface area contributed by atoms with Crippen LogP contribution < -0.4 is 11.1 Å². The highest BCUT2D eigenvalue weighted by Gasteiger charge is 2.23. The summed E-state index contributed by atoms with van der Waals surface area (Å²) in [7, 11) is 0. The summed E-state index contributed by atoms with van der Waals surface area (Å²) in [5.74, 6) is 1.20. The molecule has 78 valence electrons. The standard InChI is InChI=1S/C9H15N3OS/c1-6-7(2-3-13-6)5-11-9-4-8(10)12-14-9/h4,6-7,11H,2-3,5H2,1H3,(H2,10,12). The largest absolute Gasteiger partial charge is 0.383 e. The van der Waals surface area contributed by atoms with Crippen molar-refractivity contribution < 1.29 is 4.74 Å². The van der Waals surface area contributed by atoms with Gasteiger partial charge in [0.05, 0.1) is 6.10 Å². The predicted octanol–water partition coefficient (Wildman–Crippen LogP) is 1.56. The number of nitrogens with two attached hydrogens (primary N) is 1. The molecule has 0 saturated carbocycles. The van der Waals surface area contributed by atoms with Gasteiger partial charge in [0.15, 0.2) is 0 Å². The maximum absolute atomic E-state index is 5.52. The highest BCUT2D eigenvalue weighted by molar-refractivity contribution is 7.10. The topological polar surface area (TPSA) is 60.2 Å². The molecule has 1 saturated heterocycles. The van der Waals surface area contributed by atoms with Gasteiger partial charge >= 0.3 is 0 Å². The van der Waals surface area contributed by atoms with E-state index in [9.17, 15) is 0 Å². The second kappa shape index (κ2) is 4.14. The fraction of sp³-hybridized carbons (Fsp3) is 0.667. The van der Waals surface area contributed by atoms with Gasteiger partial charge in [-0.2, -0.15) is 4.37 Å². The fourth-order valence-electron chi connectivity index (χ4n) is 1.65. The Morgan fingerprint density at radius 2 is 2.64 bits per heavy atom. The molecule has 0 radical (unpaired) electrons. The van der Waals surface area contributed by atoms with E-state index in [1.54, 1.807) is 0 Å². The number of rotatable bonds is 3. The van der Waals surface area contributed by atoms with Crippen LogP contribution in [0, 0.1) is 5.92 Å². The maximum atomic E-state index is 5.52. The van der Waals surface area contributed by atoms with Gasteiger partial charge in [0.1, 0.15) is 10.8 Å². The Kier molecular flexibility index (Phi) is 2.88. The van der Waals surface area contributed by atoms with Gasteiger partial charge in [-0.3, -0.25) is 0 Å². The first-order valence-corrected chi connectivity index (χ1v) is 5.60. The van der Waals surface area contributed by atoms with Gasteiger partial charge in [-0.25, -0.2) is 0 Å². The Morgan fingerprint density at radius 3 is 3.21 bits per heavy atom. The molecule has 2 rings (SSSR count). The number of anilines is 2. The van der Waals surface area contributed by atoms with E-state index >= 15 is 0 Å². The van der Waals surface area contributed by atoms with Crippen LogP contribution in [0.5, 0.6) is 0 Å². The molecular formula is C9H15N3OS. The first-order chi connectivity index (χ1) is 6.75. The Hall–Kier alpha value is -0.810. The molecule has 1 aromatic rings. The van der Waals surface area contributed by atoms with Gasteiger partial charge in [0.2, 0.25) is 0 Å². The van der Waals surface area contributed by atoms with Crippen molar-refractivity contribution in [3.05, 3.63) is 6.07 Å². The van der Waals surface area contributed by atoms with Crippen molar-refractivity contribution in [1.29, 1.82) is 0 Å². The van der Waals surface area contributed by atoms with Gasteiger partial charge < -0.3 is 15.8 Å². The number of nitrogens with zero attached hydrogens (tertiary/aromatic N) is 1. The smallest absolute Gasteiger partial charge is 0.139 e. The van der Waals surface area contributed by atoms with Crippen molar-refractivity contribution in [2.45, 2.75) is 19.4 Å². The molecule has 1 aliphatic rings. The molecule has 1 fully saturated rings. The molecular weight excluding hydrogens is 198 g/mol. The molecule has 4 nitrogen and oxygen atoms in total. The number of ether oxygens (including phenoxy) is 1. The molecule has 0 spiro atoms. The lowest BCUT2D eigenvalue weighted by molar-refractivity contribution is 0.108. The molecule has 2 heterocycles. The molecule has 3 N–H and O–H groups in total. The molecule has 2 atom stereocenters. The zero-order valence-electron chi connectivity index (χ0n) is 8.19. The maximum Gasteiger partial charge on any atom is 0.139 e. The summed E-state index contributed by atoms with van der Waals surface area (Å²) in [4.78, 5) is 0. The van der Waals surface area contributed by atoms with Crippen molar-refractivity contribution in [3.8, 4) is 0 Å². The SMILES string of the molecule is CC1OCCC1CNc1cc(N)ns1. The third-order valence-corrected chi connectivity index (χ3v) is 3.36. The summed E-state index contributed by atoms with van der Waals surface area (Å²) >= 11 is 1.41. The summed E-state index contributed by atoms with van der Waals surface area (Å²) in [5.41, 5.74) is 5.52. The van der Waals surface area contributed by atoms with Gasteiger partial charge in [-0.05, 0) is 24.9 Å². The van der Waals surface area contributed by atoms with Crippen LogP contribution in [0.2, 0.25) is 0 Å². The zero-order chi connectivity index (χ0) is 9.97. The van der Waals surface area contributed by atoms with Crippen molar-refractivity contribution >= 4 is 22.4 Å². The highest BCUT2D eigenvalue weighted by Crippen LogP contribution is 2.23. The lowest BCUT2D eigenvalue weighted by atomic mass is 10.0. The molecule has 1 aliphatic heterocycles. The molecule has 0 amide bonds. The summed E-state index contributed by atoms with van der Waals surface area (Å²) in [5, 5.41) is 4.38. The van der Waals surface area contributed by atoms with Crippen LogP contribution >= 0.6 is 11.5 Å². The van der Waals surface area contributed by atoms with Crippen molar-refractivity contribution in [3.63, 3.8) is 0 Å². The molecule has 0 aliphatic carbocycles. The minimum Gasteiger partial charge on any atom is -0.383 e. The highest BCUT2D eigenvalue weighted by atomic mass is 32.1. The second-order valence-electron chi connectivity index (χ2n) is 3.62. The molecule has 0 bridgehead atoms. The van der Waals surface area contributed by atoms with E-state index in [1.165, 1.54) is 11.5 Å². The number of aromatic nitrogens is 1. The van der Waals surface area contributed by atoms with Crippen molar-refractivity contribution in [2.75, 3.05) is 24.2 Å². The summed E-state index contributed by atoms with van der Waals surface area (Å²) in [6.45, 7) is 3.96. The average molecular weight is 213 g/mol. The first-order valence-electron chi connectivity index (χ1n) is 4.83. The summed E-state index contributed by atoms with van der Waals surface area (Å²) in [6, 6.07) is 1.87. The van der Waals surface area contributed by atoms with E-state index in [-0.39, 0.29) is 0 Å². The van der Waals surface area contributed by atoms with Crippen LogP contribution in [0.4, 0.5) is 10.8 Å². The average Bonchev–Trinajstić information content (AvgIpc) is 2.72. The minimum absolute atomic E-state index is 0.368. The number of nitrogens with one attached hydrogen (secondary N) is 1. The number of hydrogen-bond acceptors (Lipinski definition) is 5. The Morgan fingerprint density at radius 1 is 1.79 bits per heavy atom. The molecule has 14 heavy (non-hydrogen) atoms. The number of nitrogen functional groups attached to an aromatic ring is 1. The van der Waals surface area contributed by atoms with E-state index in [2.05, 4.69) is 16.6 Å². The van der Waals surface area contributed by atoms with E-state index in [0.717, 1.165) is 24.6 Å². The minimum atomic E-state index is 0.368. The number of hydrogen-bond donors (Lipinski definition) is 2. The lowest BCUT2D eigenvalue weighted by Crippen LogP contribution is -2.20. The van der Waals surface area contributed by atoms with E-state index in [0.29, 0.717) is 17.8 Å². The van der Waals surface area contributed by atoms with Gasteiger partial charge in [0.25, 0.3) is 0 Å². The second-order valence-corrected chi connectivity index (χ2v) is 4.43. The van der Waals surface area contributed by atoms with Crippen LogP contribution in [-0.2, 0) is 4.74 Å². The predicted molar refractivity (Wildman–Crippen MR) is 58.5 cm³/mol. The normalized spacial score (nSPS) is 26.6. The van der Waals surface area contributed by atoms with Crippen LogP contribution in [-0.4, -0.2) is 23.6 Å².